The minimum Gasteiger partial charge on any atom is -0.481 e. The van der Waals surface area contributed by atoms with Crippen LogP contribution in [0.2, 0.25) is 0 Å². The van der Waals surface area contributed by atoms with Crippen LogP contribution in [0.25, 0.3) is 0 Å². The highest BCUT2D eigenvalue weighted by Gasteiger charge is 2.13. The van der Waals surface area contributed by atoms with Crippen LogP contribution in [-0.2, 0) is 4.79 Å². The molecule has 3 N–H and O–H groups in total. The van der Waals surface area contributed by atoms with Gasteiger partial charge in [-0.2, -0.15) is 0 Å². The van der Waals surface area contributed by atoms with E-state index >= 15 is 0 Å². The topological polar surface area (TPSA) is 78.4 Å². The van der Waals surface area contributed by atoms with Crippen molar-refractivity contribution in [1.82, 2.24) is 10.6 Å². The molecule has 0 heterocycles. The molecule has 0 saturated carbocycles. The molecule has 5 nitrogen and oxygen atoms in total. The lowest BCUT2D eigenvalue weighted by Crippen LogP contribution is -2.42. The first-order chi connectivity index (χ1) is 9.01. The summed E-state index contributed by atoms with van der Waals surface area (Å²) in [7, 11) is 0. The molecule has 2 unspecified atom stereocenters. The van der Waals surface area contributed by atoms with E-state index in [4.69, 9.17) is 5.11 Å². The summed E-state index contributed by atoms with van der Waals surface area (Å²) in [4.78, 5) is 22.3. The Hall–Kier alpha value is -1.26. The lowest BCUT2D eigenvalue weighted by molar-refractivity contribution is -0.141. The summed E-state index contributed by atoms with van der Waals surface area (Å²) < 4.78 is 0. The van der Waals surface area contributed by atoms with E-state index in [0.29, 0.717) is 13.0 Å². The normalized spacial score (nSPS) is 13.6. The molecule has 0 aliphatic rings. The van der Waals surface area contributed by atoms with Gasteiger partial charge in [0, 0.05) is 12.6 Å². The van der Waals surface area contributed by atoms with E-state index in [0.717, 1.165) is 32.1 Å². The molecule has 0 aromatic rings. The Morgan fingerprint density at radius 3 is 2.32 bits per heavy atom. The maximum atomic E-state index is 11.7. The van der Waals surface area contributed by atoms with Gasteiger partial charge in [0.05, 0.1) is 5.92 Å². The Kier molecular flexibility index (Phi) is 9.94. The summed E-state index contributed by atoms with van der Waals surface area (Å²) in [5, 5.41) is 14.4. The summed E-state index contributed by atoms with van der Waals surface area (Å²) in [6.07, 6.45) is 5.73. The molecule has 0 aromatic heterocycles. The molecule has 2 amide bonds. The number of hydrogen-bond donors (Lipinski definition) is 3. The van der Waals surface area contributed by atoms with Crippen LogP contribution in [-0.4, -0.2) is 29.7 Å². The fourth-order valence-corrected chi connectivity index (χ4v) is 1.85. The van der Waals surface area contributed by atoms with E-state index in [9.17, 15) is 9.59 Å². The smallest absolute Gasteiger partial charge is 0.315 e. The van der Waals surface area contributed by atoms with Gasteiger partial charge in [0.15, 0.2) is 0 Å². The van der Waals surface area contributed by atoms with E-state index in [1.807, 2.05) is 0 Å². The Labute approximate surface area is 116 Å². The second-order valence-electron chi connectivity index (χ2n) is 5.06. The maximum absolute atomic E-state index is 11.7. The number of carboxylic acids is 1. The third kappa shape index (κ3) is 9.33. The molecule has 5 heteroatoms. The Balaban J connectivity index is 3.88. The highest BCUT2D eigenvalue weighted by Crippen LogP contribution is 2.06. The lowest BCUT2D eigenvalue weighted by atomic mass is 10.1. The van der Waals surface area contributed by atoms with Gasteiger partial charge >= 0.3 is 12.0 Å². The van der Waals surface area contributed by atoms with Crippen LogP contribution in [0, 0.1) is 5.92 Å². The number of carboxylic acid groups (broad SMARTS) is 1. The van der Waals surface area contributed by atoms with Crippen molar-refractivity contribution in [3.8, 4) is 0 Å². The van der Waals surface area contributed by atoms with Gasteiger partial charge in [0.25, 0.3) is 0 Å². The van der Waals surface area contributed by atoms with Crippen LogP contribution in [0.1, 0.15) is 59.3 Å². The molecule has 0 aromatic carbocycles. The maximum Gasteiger partial charge on any atom is 0.315 e. The molecule has 0 aliphatic carbocycles. The van der Waals surface area contributed by atoms with Crippen LogP contribution in [0.3, 0.4) is 0 Å². The van der Waals surface area contributed by atoms with Crippen LogP contribution in [0.15, 0.2) is 0 Å². The third-order valence-electron chi connectivity index (χ3n) is 3.16. The first kappa shape index (κ1) is 17.7. The standard InChI is InChI=1S/C14H28N2O3/c1-4-6-8-12(7-5-2)16-14(19)15-10-9-11(3)13(17)18/h11-12H,4-10H2,1-3H3,(H,17,18)(H2,15,16,19). The Bertz CT molecular complexity index is 269. The second-order valence-corrected chi connectivity index (χ2v) is 5.06. The highest BCUT2D eigenvalue weighted by molar-refractivity contribution is 5.74. The van der Waals surface area contributed by atoms with Crippen molar-refractivity contribution in [2.24, 2.45) is 5.92 Å². The lowest BCUT2D eigenvalue weighted by Gasteiger charge is -2.18. The average molecular weight is 272 g/mol. The molecule has 0 rings (SSSR count). The largest absolute Gasteiger partial charge is 0.481 e. The quantitative estimate of drug-likeness (QED) is 0.572. The monoisotopic (exact) mass is 272 g/mol. The number of aliphatic carboxylic acids is 1. The van der Waals surface area contributed by atoms with Crippen molar-refractivity contribution >= 4 is 12.0 Å². The summed E-state index contributed by atoms with van der Waals surface area (Å²) >= 11 is 0. The van der Waals surface area contributed by atoms with Crippen molar-refractivity contribution in [2.45, 2.75) is 65.3 Å². The molecule has 0 aliphatic heterocycles. The van der Waals surface area contributed by atoms with E-state index in [1.165, 1.54) is 0 Å². The molecule has 19 heavy (non-hydrogen) atoms. The van der Waals surface area contributed by atoms with Gasteiger partial charge in [-0.15, -0.1) is 0 Å². The summed E-state index contributed by atoms with van der Waals surface area (Å²) in [6.45, 7) is 6.28. The molecular formula is C14H28N2O3. The van der Waals surface area contributed by atoms with Crippen LogP contribution >= 0.6 is 0 Å². The zero-order chi connectivity index (χ0) is 14.7. The molecule has 0 bridgehead atoms. The second kappa shape index (κ2) is 10.6. The first-order valence-corrected chi connectivity index (χ1v) is 7.28. The number of amides is 2. The predicted molar refractivity (Wildman–Crippen MR) is 76.2 cm³/mol. The first-order valence-electron chi connectivity index (χ1n) is 7.28. The van der Waals surface area contributed by atoms with Crippen molar-refractivity contribution in [1.29, 1.82) is 0 Å². The van der Waals surface area contributed by atoms with Crippen molar-refractivity contribution in [3.63, 3.8) is 0 Å². The number of rotatable bonds is 10. The summed E-state index contributed by atoms with van der Waals surface area (Å²) in [6, 6.07) is 0.0361. The fraction of sp³-hybridized carbons (Fsp3) is 0.857. The minimum atomic E-state index is -0.825. The van der Waals surface area contributed by atoms with E-state index in [1.54, 1.807) is 6.92 Å². The van der Waals surface area contributed by atoms with Gasteiger partial charge in [-0.25, -0.2) is 4.79 Å². The minimum absolute atomic E-state index is 0.188. The van der Waals surface area contributed by atoms with Crippen molar-refractivity contribution < 1.29 is 14.7 Å². The number of carbonyl (C=O) groups excluding carboxylic acids is 1. The van der Waals surface area contributed by atoms with Crippen LogP contribution < -0.4 is 10.6 Å². The molecular weight excluding hydrogens is 244 g/mol. The van der Waals surface area contributed by atoms with Crippen LogP contribution in [0.5, 0.6) is 0 Å². The third-order valence-corrected chi connectivity index (χ3v) is 3.16. The van der Waals surface area contributed by atoms with E-state index in [2.05, 4.69) is 24.5 Å². The number of carbonyl (C=O) groups is 2. The molecule has 0 saturated heterocycles. The molecule has 2 atom stereocenters. The fourth-order valence-electron chi connectivity index (χ4n) is 1.85. The molecule has 0 fully saturated rings. The van der Waals surface area contributed by atoms with E-state index in [-0.39, 0.29) is 12.1 Å². The molecule has 112 valence electrons. The highest BCUT2D eigenvalue weighted by atomic mass is 16.4. The van der Waals surface area contributed by atoms with Crippen LogP contribution in [0.4, 0.5) is 4.79 Å². The van der Waals surface area contributed by atoms with E-state index < -0.39 is 11.9 Å². The Morgan fingerprint density at radius 1 is 1.11 bits per heavy atom. The zero-order valence-electron chi connectivity index (χ0n) is 12.4. The molecule has 0 spiro atoms. The number of nitrogens with one attached hydrogen (secondary N) is 2. The molecule has 0 radical (unpaired) electrons. The van der Waals surface area contributed by atoms with Crippen molar-refractivity contribution in [3.05, 3.63) is 0 Å². The van der Waals surface area contributed by atoms with Gasteiger partial charge in [-0.1, -0.05) is 40.0 Å². The average Bonchev–Trinajstić information content (AvgIpc) is 2.35. The summed E-state index contributed by atoms with van der Waals surface area (Å²) in [5.74, 6) is -1.25. The number of urea groups is 1. The summed E-state index contributed by atoms with van der Waals surface area (Å²) in [5.41, 5.74) is 0. The number of hydrogen-bond acceptors (Lipinski definition) is 2. The van der Waals surface area contributed by atoms with Gasteiger partial charge in [-0.05, 0) is 19.3 Å². The Morgan fingerprint density at radius 2 is 1.79 bits per heavy atom. The predicted octanol–water partition coefficient (Wildman–Crippen LogP) is 2.76. The van der Waals surface area contributed by atoms with Gasteiger partial charge < -0.3 is 15.7 Å². The zero-order valence-corrected chi connectivity index (χ0v) is 12.4. The van der Waals surface area contributed by atoms with Gasteiger partial charge in [0.2, 0.25) is 0 Å². The number of unbranched alkanes of at least 4 members (excludes halogenated alkanes) is 1. The van der Waals surface area contributed by atoms with Crippen molar-refractivity contribution in [2.75, 3.05) is 6.54 Å². The van der Waals surface area contributed by atoms with Gasteiger partial charge in [0.1, 0.15) is 0 Å². The van der Waals surface area contributed by atoms with Gasteiger partial charge in [-0.3, -0.25) is 4.79 Å². The SMILES string of the molecule is CCCCC(CCC)NC(=O)NCCC(C)C(=O)O.